The lowest BCUT2D eigenvalue weighted by molar-refractivity contribution is -0.284. The zero-order valence-corrected chi connectivity index (χ0v) is 9.17. The maximum Gasteiger partial charge on any atom is 0.453 e. The summed E-state index contributed by atoms with van der Waals surface area (Å²) in [5, 5.41) is 7.62. The molecule has 0 rings (SSSR count). The van der Waals surface area contributed by atoms with Crippen LogP contribution in [-0.4, -0.2) is 34.2 Å². The number of rotatable bonds is 6. The molecule has 2 nitrogen and oxygen atoms in total. The van der Waals surface area contributed by atoms with Gasteiger partial charge in [-0.3, -0.25) is 4.79 Å². The predicted octanol–water partition coefficient (Wildman–Crippen LogP) is 3.17. The van der Waals surface area contributed by atoms with Crippen LogP contribution in [0.15, 0.2) is 0 Å². The lowest BCUT2D eigenvalue weighted by Crippen LogP contribution is -2.36. The quantitative estimate of drug-likeness (QED) is 0.592. The van der Waals surface area contributed by atoms with E-state index in [9.17, 15) is 26.7 Å². The number of halogens is 5. The van der Waals surface area contributed by atoms with Crippen molar-refractivity contribution in [2.24, 2.45) is 0 Å². The molecule has 0 aromatic rings. The summed E-state index contributed by atoms with van der Waals surface area (Å²) in [6, 6.07) is 0. The van der Waals surface area contributed by atoms with E-state index < -0.39 is 29.7 Å². The molecule has 0 aliphatic rings. The Balaban J connectivity index is 3.87. The van der Waals surface area contributed by atoms with Crippen molar-refractivity contribution < 1.29 is 31.9 Å². The van der Waals surface area contributed by atoms with Crippen molar-refractivity contribution in [2.75, 3.05) is 5.75 Å². The number of carboxylic acids is 1. The van der Waals surface area contributed by atoms with Gasteiger partial charge >= 0.3 is 18.1 Å². The first kappa shape index (κ1) is 15.5. The molecule has 16 heavy (non-hydrogen) atoms. The second-order valence-corrected chi connectivity index (χ2v) is 4.61. The average molecular weight is 266 g/mol. The maximum atomic E-state index is 12.4. The number of alkyl halides is 5. The minimum Gasteiger partial charge on any atom is -0.480 e. The SMILES string of the molecule is CC(SCCCC(F)(F)C(F)(F)F)C(=O)O. The second-order valence-electron chi connectivity index (χ2n) is 3.16. The monoisotopic (exact) mass is 266 g/mol. The standard InChI is InChI=1S/C8H11F5O2S/c1-5(6(14)15)16-4-2-3-7(9,10)8(11,12)13/h5H,2-4H2,1H3,(H,14,15). The van der Waals surface area contributed by atoms with Gasteiger partial charge in [-0.15, -0.1) is 11.8 Å². The highest BCUT2D eigenvalue weighted by atomic mass is 32.2. The Morgan fingerprint density at radius 1 is 1.31 bits per heavy atom. The van der Waals surface area contributed by atoms with Crippen molar-refractivity contribution in [3.63, 3.8) is 0 Å². The van der Waals surface area contributed by atoms with Crippen LogP contribution in [0.3, 0.4) is 0 Å². The number of carbonyl (C=O) groups is 1. The molecule has 0 spiro atoms. The molecule has 0 saturated heterocycles. The van der Waals surface area contributed by atoms with E-state index in [1.54, 1.807) is 0 Å². The summed E-state index contributed by atoms with van der Waals surface area (Å²) in [6.45, 7) is 1.34. The van der Waals surface area contributed by atoms with Crippen LogP contribution in [0.2, 0.25) is 0 Å². The first-order chi connectivity index (χ1) is 7.08. The summed E-state index contributed by atoms with van der Waals surface area (Å²) in [4.78, 5) is 10.3. The lowest BCUT2D eigenvalue weighted by Gasteiger charge is -2.19. The lowest BCUT2D eigenvalue weighted by atomic mass is 10.2. The summed E-state index contributed by atoms with van der Waals surface area (Å²) in [5.41, 5.74) is 0. The Hall–Kier alpha value is -0.530. The number of hydrogen-bond acceptors (Lipinski definition) is 2. The fourth-order valence-electron chi connectivity index (χ4n) is 0.767. The van der Waals surface area contributed by atoms with Crippen molar-refractivity contribution >= 4 is 17.7 Å². The van der Waals surface area contributed by atoms with Crippen molar-refractivity contribution in [3.8, 4) is 0 Å². The molecule has 1 N–H and O–H groups in total. The topological polar surface area (TPSA) is 37.3 Å². The van der Waals surface area contributed by atoms with Crippen LogP contribution in [0.4, 0.5) is 22.0 Å². The summed E-state index contributed by atoms with van der Waals surface area (Å²) >= 11 is 0.836. The Bertz CT molecular complexity index is 241. The van der Waals surface area contributed by atoms with Crippen LogP contribution in [0, 0.1) is 0 Å². The van der Waals surface area contributed by atoms with Gasteiger partial charge in [0, 0.05) is 6.42 Å². The van der Waals surface area contributed by atoms with Crippen LogP contribution in [0.1, 0.15) is 19.8 Å². The highest BCUT2D eigenvalue weighted by molar-refractivity contribution is 8.00. The van der Waals surface area contributed by atoms with E-state index >= 15 is 0 Å². The van der Waals surface area contributed by atoms with Crippen LogP contribution in [-0.2, 0) is 4.79 Å². The van der Waals surface area contributed by atoms with Gasteiger partial charge in [-0.2, -0.15) is 22.0 Å². The number of hydrogen-bond donors (Lipinski definition) is 1. The van der Waals surface area contributed by atoms with Gasteiger partial charge in [0.2, 0.25) is 0 Å². The predicted molar refractivity (Wildman–Crippen MR) is 49.8 cm³/mol. The second kappa shape index (κ2) is 5.70. The molecule has 0 aliphatic carbocycles. The smallest absolute Gasteiger partial charge is 0.453 e. The van der Waals surface area contributed by atoms with Gasteiger partial charge in [0.15, 0.2) is 0 Å². The molecule has 0 aromatic carbocycles. The fraction of sp³-hybridized carbons (Fsp3) is 0.875. The van der Waals surface area contributed by atoms with Gasteiger partial charge in [-0.1, -0.05) is 0 Å². The maximum absolute atomic E-state index is 12.4. The Morgan fingerprint density at radius 2 is 1.81 bits per heavy atom. The van der Waals surface area contributed by atoms with Gasteiger partial charge < -0.3 is 5.11 Å². The van der Waals surface area contributed by atoms with Gasteiger partial charge in [-0.05, 0) is 19.1 Å². The van der Waals surface area contributed by atoms with Crippen molar-refractivity contribution in [3.05, 3.63) is 0 Å². The normalized spacial score (nSPS) is 14.9. The molecule has 0 fully saturated rings. The van der Waals surface area contributed by atoms with E-state index in [0.717, 1.165) is 11.8 Å². The summed E-state index contributed by atoms with van der Waals surface area (Å²) < 4.78 is 59.8. The zero-order chi connectivity index (χ0) is 13.0. The Labute approximate surface area is 93.2 Å². The average Bonchev–Trinajstić information content (AvgIpc) is 2.09. The van der Waals surface area contributed by atoms with Crippen LogP contribution < -0.4 is 0 Å². The molecule has 0 saturated carbocycles. The van der Waals surface area contributed by atoms with Crippen LogP contribution in [0.25, 0.3) is 0 Å². The molecule has 0 heterocycles. The van der Waals surface area contributed by atoms with Crippen LogP contribution in [0.5, 0.6) is 0 Å². The molecule has 0 aromatic heterocycles. The molecule has 96 valence electrons. The number of thioether (sulfide) groups is 1. The van der Waals surface area contributed by atoms with Gasteiger partial charge in [0.1, 0.15) is 0 Å². The third-order valence-electron chi connectivity index (χ3n) is 1.77. The van der Waals surface area contributed by atoms with Crippen molar-refractivity contribution in [1.82, 2.24) is 0 Å². The largest absolute Gasteiger partial charge is 0.480 e. The molecule has 0 radical (unpaired) electrons. The first-order valence-electron chi connectivity index (χ1n) is 4.37. The molecular weight excluding hydrogens is 255 g/mol. The van der Waals surface area contributed by atoms with Crippen LogP contribution >= 0.6 is 11.8 Å². The van der Waals surface area contributed by atoms with Gasteiger partial charge in [-0.25, -0.2) is 0 Å². The highest BCUT2D eigenvalue weighted by Gasteiger charge is 2.56. The molecular formula is C8H11F5O2S. The molecule has 0 amide bonds. The molecule has 1 atom stereocenters. The highest BCUT2D eigenvalue weighted by Crippen LogP contribution is 2.39. The number of carboxylic acid groups (broad SMARTS) is 1. The van der Waals surface area contributed by atoms with Crippen molar-refractivity contribution in [1.29, 1.82) is 0 Å². The molecule has 1 unspecified atom stereocenters. The third-order valence-corrected chi connectivity index (χ3v) is 2.99. The van der Waals surface area contributed by atoms with Gasteiger partial charge in [0.05, 0.1) is 5.25 Å². The zero-order valence-electron chi connectivity index (χ0n) is 8.35. The van der Waals surface area contributed by atoms with Crippen molar-refractivity contribution in [2.45, 2.75) is 37.1 Å². The summed E-state index contributed by atoms with van der Waals surface area (Å²) in [5.74, 6) is -5.85. The third kappa shape index (κ3) is 5.00. The molecule has 8 heteroatoms. The van der Waals surface area contributed by atoms with Gasteiger partial charge in [0.25, 0.3) is 0 Å². The van der Waals surface area contributed by atoms with E-state index in [1.165, 1.54) is 6.92 Å². The van der Waals surface area contributed by atoms with E-state index in [0.29, 0.717) is 0 Å². The fourth-order valence-corrected chi connectivity index (χ4v) is 1.57. The summed E-state index contributed by atoms with van der Waals surface area (Å²) in [7, 11) is 0. The van der Waals surface area contributed by atoms with E-state index in [2.05, 4.69) is 0 Å². The first-order valence-corrected chi connectivity index (χ1v) is 5.42. The Kier molecular flexibility index (Phi) is 5.51. The summed E-state index contributed by atoms with van der Waals surface area (Å²) in [6.07, 6.45) is -7.22. The van der Waals surface area contributed by atoms with E-state index in [4.69, 9.17) is 5.11 Å². The minimum absolute atomic E-state index is 0.0425. The molecule has 0 aliphatic heterocycles. The van der Waals surface area contributed by atoms with E-state index in [1.807, 2.05) is 0 Å². The van der Waals surface area contributed by atoms with E-state index in [-0.39, 0.29) is 12.2 Å². The Morgan fingerprint density at radius 3 is 2.19 bits per heavy atom. The number of aliphatic carboxylic acids is 1. The molecule has 0 bridgehead atoms. The minimum atomic E-state index is -5.53.